The minimum atomic E-state index is -0.377. The Morgan fingerprint density at radius 2 is 1.92 bits per heavy atom. The first-order valence-corrected chi connectivity index (χ1v) is 8.13. The van der Waals surface area contributed by atoms with Crippen LogP contribution in [0.15, 0.2) is 30.6 Å². The van der Waals surface area contributed by atoms with Crippen LogP contribution in [0.1, 0.15) is 30.1 Å². The van der Waals surface area contributed by atoms with Crippen molar-refractivity contribution in [2.75, 3.05) is 19.7 Å². The van der Waals surface area contributed by atoms with Crippen molar-refractivity contribution in [3.05, 3.63) is 36.2 Å². The lowest BCUT2D eigenvalue weighted by Crippen LogP contribution is -2.41. The van der Waals surface area contributed by atoms with Gasteiger partial charge >= 0.3 is 12.1 Å². The standard InChI is InChI=1S/C16H19N5O4/c1-2-24-16(23)20-9-7-14(8-10-20)25-15(22)12-3-5-13(6-4-12)21-11-17-18-19-21/h3-6,11,14H,2,7-10H2,1H3. The predicted molar refractivity (Wildman–Crippen MR) is 86.2 cm³/mol. The van der Waals surface area contributed by atoms with Gasteiger partial charge in [0.15, 0.2) is 0 Å². The minimum absolute atomic E-state index is 0.197. The van der Waals surface area contributed by atoms with Gasteiger partial charge in [-0.1, -0.05) is 0 Å². The third kappa shape index (κ3) is 4.11. The number of aromatic nitrogens is 4. The van der Waals surface area contributed by atoms with Gasteiger partial charge in [-0.2, -0.15) is 0 Å². The van der Waals surface area contributed by atoms with Crippen LogP contribution in [0, 0.1) is 0 Å². The molecule has 1 amide bonds. The third-order valence-electron chi connectivity index (χ3n) is 3.96. The van der Waals surface area contributed by atoms with Gasteiger partial charge in [-0.05, 0) is 41.6 Å². The summed E-state index contributed by atoms with van der Waals surface area (Å²) in [5, 5.41) is 10.9. The number of esters is 1. The zero-order valence-corrected chi connectivity index (χ0v) is 13.9. The Balaban J connectivity index is 1.52. The lowest BCUT2D eigenvalue weighted by Gasteiger charge is -2.30. The van der Waals surface area contributed by atoms with E-state index in [0.717, 1.165) is 5.69 Å². The van der Waals surface area contributed by atoms with Crippen molar-refractivity contribution in [3.8, 4) is 5.69 Å². The van der Waals surface area contributed by atoms with Crippen molar-refractivity contribution < 1.29 is 19.1 Å². The first-order chi connectivity index (χ1) is 12.2. The highest BCUT2D eigenvalue weighted by Gasteiger charge is 2.26. The van der Waals surface area contributed by atoms with E-state index >= 15 is 0 Å². The summed E-state index contributed by atoms with van der Waals surface area (Å²) < 4.78 is 12.0. The Morgan fingerprint density at radius 3 is 2.52 bits per heavy atom. The Labute approximate surface area is 144 Å². The van der Waals surface area contributed by atoms with Crippen molar-refractivity contribution in [1.29, 1.82) is 0 Å². The number of tetrazole rings is 1. The van der Waals surface area contributed by atoms with Crippen LogP contribution in [-0.2, 0) is 9.47 Å². The minimum Gasteiger partial charge on any atom is -0.459 e. The van der Waals surface area contributed by atoms with Crippen molar-refractivity contribution in [1.82, 2.24) is 25.1 Å². The Bertz CT molecular complexity index is 709. The lowest BCUT2D eigenvalue weighted by molar-refractivity contribution is 0.0108. The fraction of sp³-hybridized carbons (Fsp3) is 0.438. The maximum absolute atomic E-state index is 12.3. The van der Waals surface area contributed by atoms with Gasteiger partial charge in [0.2, 0.25) is 0 Å². The summed E-state index contributed by atoms with van der Waals surface area (Å²) in [7, 11) is 0. The fourth-order valence-corrected chi connectivity index (χ4v) is 2.62. The van der Waals surface area contributed by atoms with Crippen molar-refractivity contribution in [2.45, 2.75) is 25.9 Å². The van der Waals surface area contributed by atoms with Crippen LogP contribution in [0.3, 0.4) is 0 Å². The summed E-state index contributed by atoms with van der Waals surface area (Å²) in [5.41, 5.74) is 1.22. The van der Waals surface area contributed by atoms with Gasteiger partial charge < -0.3 is 14.4 Å². The average Bonchev–Trinajstić information content (AvgIpc) is 3.17. The molecule has 9 heteroatoms. The molecule has 0 saturated carbocycles. The second-order valence-electron chi connectivity index (χ2n) is 5.59. The molecule has 0 spiro atoms. The Hall–Kier alpha value is -2.97. The van der Waals surface area contributed by atoms with Crippen LogP contribution in [0.4, 0.5) is 4.79 Å². The molecule has 0 radical (unpaired) electrons. The van der Waals surface area contributed by atoms with Gasteiger partial charge in [0.05, 0.1) is 17.9 Å². The zero-order valence-electron chi connectivity index (χ0n) is 13.9. The fourth-order valence-electron chi connectivity index (χ4n) is 2.62. The van der Waals surface area contributed by atoms with Crippen LogP contribution in [0.2, 0.25) is 0 Å². The Kier molecular flexibility index (Phi) is 5.22. The molecule has 0 aliphatic carbocycles. The van der Waals surface area contributed by atoms with Gasteiger partial charge in [0.1, 0.15) is 12.4 Å². The number of hydrogen-bond donors (Lipinski definition) is 0. The summed E-state index contributed by atoms with van der Waals surface area (Å²) in [6.45, 7) is 3.18. The third-order valence-corrected chi connectivity index (χ3v) is 3.96. The van der Waals surface area contributed by atoms with Crippen LogP contribution >= 0.6 is 0 Å². The van der Waals surface area contributed by atoms with Gasteiger partial charge in [-0.25, -0.2) is 14.3 Å². The number of rotatable bonds is 4. The van der Waals surface area contributed by atoms with Crippen molar-refractivity contribution >= 4 is 12.1 Å². The molecule has 1 aromatic heterocycles. The number of hydrogen-bond acceptors (Lipinski definition) is 7. The molecule has 0 N–H and O–H groups in total. The van der Waals surface area contributed by atoms with E-state index in [0.29, 0.717) is 38.1 Å². The van der Waals surface area contributed by atoms with Crippen LogP contribution in [0.5, 0.6) is 0 Å². The SMILES string of the molecule is CCOC(=O)N1CCC(OC(=O)c2ccc(-n3cnnn3)cc2)CC1. The van der Waals surface area contributed by atoms with Crippen LogP contribution in [0.25, 0.3) is 5.69 Å². The maximum Gasteiger partial charge on any atom is 0.409 e. The van der Waals surface area contributed by atoms with E-state index in [-0.39, 0.29) is 18.2 Å². The molecule has 1 aromatic carbocycles. The van der Waals surface area contributed by atoms with E-state index in [1.807, 2.05) is 0 Å². The largest absolute Gasteiger partial charge is 0.459 e. The van der Waals surface area contributed by atoms with Gasteiger partial charge in [-0.15, -0.1) is 5.10 Å². The molecular weight excluding hydrogens is 326 g/mol. The molecule has 0 unspecified atom stereocenters. The van der Waals surface area contributed by atoms with E-state index in [1.54, 1.807) is 36.1 Å². The first-order valence-electron chi connectivity index (χ1n) is 8.13. The number of nitrogens with zero attached hydrogens (tertiary/aromatic N) is 5. The van der Waals surface area contributed by atoms with E-state index in [1.165, 1.54) is 11.0 Å². The Morgan fingerprint density at radius 1 is 1.20 bits per heavy atom. The second-order valence-corrected chi connectivity index (χ2v) is 5.59. The second kappa shape index (κ2) is 7.73. The number of amides is 1. The summed E-state index contributed by atoms with van der Waals surface area (Å²) in [6.07, 6.45) is 2.17. The lowest BCUT2D eigenvalue weighted by atomic mass is 10.1. The molecule has 2 heterocycles. The monoisotopic (exact) mass is 345 g/mol. The number of piperidine rings is 1. The normalized spacial score (nSPS) is 15.0. The molecule has 3 rings (SSSR count). The number of benzene rings is 1. The molecule has 1 fully saturated rings. The zero-order chi connectivity index (χ0) is 17.6. The van der Waals surface area contributed by atoms with Crippen molar-refractivity contribution in [2.24, 2.45) is 0 Å². The molecule has 1 aliphatic rings. The molecule has 0 bridgehead atoms. The highest BCUT2D eigenvalue weighted by atomic mass is 16.6. The average molecular weight is 345 g/mol. The number of likely N-dealkylation sites (tertiary alicyclic amines) is 1. The van der Waals surface area contributed by atoms with Crippen LogP contribution < -0.4 is 0 Å². The van der Waals surface area contributed by atoms with Crippen molar-refractivity contribution in [3.63, 3.8) is 0 Å². The van der Waals surface area contributed by atoms with E-state index in [2.05, 4.69) is 15.5 Å². The first kappa shape index (κ1) is 16.9. The highest BCUT2D eigenvalue weighted by Crippen LogP contribution is 2.17. The smallest absolute Gasteiger partial charge is 0.409 e. The quantitative estimate of drug-likeness (QED) is 0.773. The molecular formula is C16H19N5O4. The molecule has 1 saturated heterocycles. The van der Waals surface area contributed by atoms with E-state index in [4.69, 9.17) is 9.47 Å². The topological polar surface area (TPSA) is 99.4 Å². The number of ether oxygens (including phenoxy) is 2. The predicted octanol–water partition coefficient (Wildman–Crippen LogP) is 1.44. The van der Waals surface area contributed by atoms with Gasteiger partial charge in [0.25, 0.3) is 0 Å². The molecule has 1 aliphatic heterocycles. The molecule has 2 aromatic rings. The molecule has 25 heavy (non-hydrogen) atoms. The summed E-state index contributed by atoms with van der Waals surface area (Å²) >= 11 is 0. The summed E-state index contributed by atoms with van der Waals surface area (Å²) in [6, 6.07) is 6.84. The number of carbonyl (C=O) groups excluding carboxylic acids is 2. The van der Waals surface area contributed by atoms with Gasteiger partial charge in [0, 0.05) is 25.9 Å². The molecule has 132 valence electrons. The van der Waals surface area contributed by atoms with Crippen LogP contribution in [-0.4, -0.2) is 63.0 Å². The van der Waals surface area contributed by atoms with E-state index in [9.17, 15) is 9.59 Å². The van der Waals surface area contributed by atoms with Gasteiger partial charge in [-0.3, -0.25) is 0 Å². The maximum atomic E-state index is 12.3. The number of carbonyl (C=O) groups is 2. The molecule has 0 atom stereocenters. The summed E-state index contributed by atoms with van der Waals surface area (Å²) in [4.78, 5) is 25.5. The highest BCUT2D eigenvalue weighted by molar-refractivity contribution is 5.89. The molecule has 9 nitrogen and oxygen atoms in total. The van der Waals surface area contributed by atoms with E-state index < -0.39 is 0 Å². The summed E-state index contributed by atoms with van der Waals surface area (Å²) in [5.74, 6) is -0.377.